The van der Waals surface area contributed by atoms with Crippen molar-refractivity contribution in [2.45, 2.75) is 13.3 Å². The van der Waals surface area contributed by atoms with E-state index in [9.17, 15) is 9.59 Å². The van der Waals surface area contributed by atoms with Gasteiger partial charge in [0.1, 0.15) is 0 Å². The minimum Gasteiger partial charge on any atom is -0.466 e. The van der Waals surface area contributed by atoms with Crippen LogP contribution >= 0.6 is 0 Å². The lowest BCUT2D eigenvalue weighted by molar-refractivity contribution is -0.137. The van der Waals surface area contributed by atoms with Gasteiger partial charge >= 0.3 is 11.9 Å². The molecular weight excluding hydrogens is 220 g/mol. The summed E-state index contributed by atoms with van der Waals surface area (Å²) in [5.74, 6) is -0.0654. The summed E-state index contributed by atoms with van der Waals surface area (Å²) in [5, 5.41) is 0. The van der Waals surface area contributed by atoms with Gasteiger partial charge in [0.15, 0.2) is 0 Å². The van der Waals surface area contributed by atoms with Gasteiger partial charge in [0.25, 0.3) is 0 Å². The standard InChI is InChI=1S/C13H16O4/c1-7-10-8(12(14)16-2)5-4-6-9(11(7)10)13(15)17-3/h5-7,10-11H,4H2,1-3H3. The first kappa shape index (κ1) is 11.9. The fourth-order valence-electron chi connectivity index (χ4n) is 2.68. The smallest absolute Gasteiger partial charge is 0.333 e. The average Bonchev–Trinajstić information content (AvgIpc) is 3.03. The fourth-order valence-corrected chi connectivity index (χ4v) is 2.68. The van der Waals surface area contributed by atoms with Gasteiger partial charge in [-0.15, -0.1) is 0 Å². The molecule has 2 rings (SSSR count). The highest BCUT2D eigenvalue weighted by molar-refractivity contribution is 5.94. The van der Waals surface area contributed by atoms with Crippen LogP contribution < -0.4 is 0 Å². The largest absolute Gasteiger partial charge is 0.466 e. The lowest BCUT2D eigenvalue weighted by Crippen LogP contribution is -2.10. The van der Waals surface area contributed by atoms with Crippen molar-refractivity contribution < 1.29 is 19.1 Å². The number of rotatable bonds is 2. The zero-order valence-corrected chi connectivity index (χ0v) is 10.2. The second-order valence-electron chi connectivity index (χ2n) is 4.45. The van der Waals surface area contributed by atoms with E-state index in [1.165, 1.54) is 14.2 Å². The van der Waals surface area contributed by atoms with E-state index in [2.05, 4.69) is 0 Å². The number of hydrogen-bond acceptors (Lipinski definition) is 4. The summed E-state index contributed by atoms with van der Waals surface area (Å²) in [5.41, 5.74) is 1.39. The second-order valence-corrected chi connectivity index (χ2v) is 4.45. The van der Waals surface area contributed by atoms with Crippen molar-refractivity contribution in [3.05, 3.63) is 23.3 Å². The molecule has 2 aliphatic rings. The van der Waals surface area contributed by atoms with Gasteiger partial charge in [-0.3, -0.25) is 0 Å². The molecular formula is C13H16O4. The van der Waals surface area contributed by atoms with Gasteiger partial charge in [-0.2, -0.15) is 0 Å². The predicted molar refractivity (Wildman–Crippen MR) is 61.0 cm³/mol. The molecule has 0 saturated heterocycles. The number of esters is 2. The molecule has 1 saturated carbocycles. The number of carbonyl (C=O) groups is 2. The Morgan fingerprint density at radius 1 is 1.06 bits per heavy atom. The maximum Gasteiger partial charge on any atom is 0.333 e. The summed E-state index contributed by atoms with van der Waals surface area (Å²) in [6.07, 6.45) is 4.28. The molecule has 1 fully saturated rings. The Balaban J connectivity index is 2.23. The first-order chi connectivity index (χ1) is 8.11. The molecule has 17 heavy (non-hydrogen) atoms. The molecule has 4 heteroatoms. The number of carbonyl (C=O) groups excluding carboxylic acids is 2. The zero-order valence-electron chi connectivity index (χ0n) is 10.2. The Morgan fingerprint density at radius 3 is 1.82 bits per heavy atom. The van der Waals surface area contributed by atoms with Crippen LogP contribution in [-0.4, -0.2) is 26.2 Å². The lowest BCUT2D eigenvalue weighted by atomic mass is 10.1. The van der Waals surface area contributed by atoms with E-state index in [0.717, 1.165) is 0 Å². The number of ether oxygens (including phenoxy) is 2. The van der Waals surface area contributed by atoms with Crippen molar-refractivity contribution in [1.82, 2.24) is 0 Å². The van der Waals surface area contributed by atoms with Gasteiger partial charge in [-0.05, 0) is 12.3 Å². The zero-order chi connectivity index (χ0) is 12.6. The topological polar surface area (TPSA) is 52.6 Å². The van der Waals surface area contributed by atoms with Crippen LogP contribution in [0.25, 0.3) is 0 Å². The molecule has 0 N–H and O–H groups in total. The minimum absolute atomic E-state index is 0.107. The van der Waals surface area contributed by atoms with E-state index in [4.69, 9.17) is 9.47 Å². The molecule has 0 aromatic heterocycles. The Hall–Kier alpha value is -1.58. The average molecular weight is 236 g/mol. The van der Waals surface area contributed by atoms with Gasteiger partial charge in [-0.25, -0.2) is 9.59 Å². The highest BCUT2D eigenvalue weighted by Gasteiger charge is 2.54. The van der Waals surface area contributed by atoms with Gasteiger partial charge in [0, 0.05) is 23.0 Å². The fraction of sp³-hybridized carbons (Fsp3) is 0.538. The molecule has 0 heterocycles. The summed E-state index contributed by atoms with van der Waals surface area (Å²) < 4.78 is 9.53. The van der Waals surface area contributed by atoms with Crippen LogP contribution in [0.2, 0.25) is 0 Å². The maximum absolute atomic E-state index is 11.6. The number of methoxy groups -OCH3 is 2. The molecule has 0 aromatic rings. The summed E-state index contributed by atoms with van der Waals surface area (Å²) in [4.78, 5) is 23.2. The Kier molecular flexibility index (Phi) is 3.05. The van der Waals surface area contributed by atoms with Crippen LogP contribution in [0.5, 0.6) is 0 Å². The molecule has 2 unspecified atom stereocenters. The minimum atomic E-state index is -0.288. The third-order valence-corrected chi connectivity index (χ3v) is 3.61. The van der Waals surface area contributed by atoms with Crippen LogP contribution in [0.3, 0.4) is 0 Å². The van der Waals surface area contributed by atoms with Gasteiger partial charge in [0.05, 0.1) is 14.2 Å². The normalized spacial score (nSPS) is 30.4. The highest BCUT2D eigenvalue weighted by Crippen LogP contribution is 2.56. The molecule has 0 spiro atoms. The maximum atomic E-state index is 11.6. The van der Waals surface area contributed by atoms with Crippen molar-refractivity contribution in [3.63, 3.8) is 0 Å². The monoisotopic (exact) mass is 236 g/mol. The first-order valence-electron chi connectivity index (χ1n) is 5.68. The first-order valence-corrected chi connectivity index (χ1v) is 5.68. The third kappa shape index (κ3) is 1.88. The van der Waals surface area contributed by atoms with Crippen molar-refractivity contribution >= 4 is 11.9 Å². The summed E-state index contributed by atoms with van der Waals surface area (Å²) in [7, 11) is 2.76. The third-order valence-electron chi connectivity index (χ3n) is 3.61. The number of hydrogen-bond donors (Lipinski definition) is 0. The summed E-state index contributed by atoms with van der Waals surface area (Å²) in [6.45, 7) is 2.04. The SMILES string of the molecule is COC(=O)C1=CCC=C(C(=O)OC)C2C(C)C12. The van der Waals surface area contributed by atoms with Crippen LogP contribution in [0.15, 0.2) is 23.3 Å². The van der Waals surface area contributed by atoms with E-state index in [1.54, 1.807) is 0 Å². The van der Waals surface area contributed by atoms with Crippen LogP contribution in [0.1, 0.15) is 13.3 Å². The quantitative estimate of drug-likeness (QED) is 0.681. The molecule has 92 valence electrons. The summed E-state index contributed by atoms with van der Waals surface area (Å²) in [6, 6.07) is 0. The predicted octanol–water partition coefficient (Wildman–Crippen LogP) is 1.47. The van der Waals surface area contributed by atoms with E-state index < -0.39 is 0 Å². The van der Waals surface area contributed by atoms with Crippen molar-refractivity contribution in [2.75, 3.05) is 14.2 Å². The molecule has 4 nitrogen and oxygen atoms in total. The molecule has 0 amide bonds. The van der Waals surface area contributed by atoms with Crippen LogP contribution in [0, 0.1) is 17.8 Å². The Labute approximate surface area is 100 Å². The van der Waals surface area contributed by atoms with E-state index >= 15 is 0 Å². The Bertz CT molecular complexity index is 381. The number of fused-ring (bicyclic) bond motifs is 1. The van der Waals surface area contributed by atoms with Crippen LogP contribution in [0.4, 0.5) is 0 Å². The molecule has 2 aliphatic carbocycles. The molecule has 0 radical (unpaired) electrons. The molecule has 0 bridgehead atoms. The Morgan fingerprint density at radius 2 is 1.47 bits per heavy atom. The van der Waals surface area contributed by atoms with Crippen molar-refractivity contribution in [3.8, 4) is 0 Å². The van der Waals surface area contributed by atoms with Gasteiger partial charge in [0.2, 0.25) is 0 Å². The van der Waals surface area contributed by atoms with E-state index in [1.807, 2.05) is 19.1 Å². The van der Waals surface area contributed by atoms with Crippen molar-refractivity contribution in [1.29, 1.82) is 0 Å². The highest BCUT2D eigenvalue weighted by atomic mass is 16.5. The van der Waals surface area contributed by atoms with Crippen LogP contribution in [-0.2, 0) is 19.1 Å². The van der Waals surface area contributed by atoms with E-state index in [0.29, 0.717) is 23.5 Å². The van der Waals surface area contributed by atoms with Gasteiger partial charge in [-0.1, -0.05) is 19.1 Å². The second kappa shape index (κ2) is 4.35. The molecule has 0 aromatic carbocycles. The van der Waals surface area contributed by atoms with E-state index in [-0.39, 0.29) is 23.8 Å². The molecule has 0 aliphatic heterocycles. The number of allylic oxidation sites excluding steroid dienone is 2. The summed E-state index contributed by atoms with van der Waals surface area (Å²) >= 11 is 0. The van der Waals surface area contributed by atoms with Gasteiger partial charge < -0.3 is 9.47 Å². The molecule has 2 atom stereocenters. The van der Waals surface area contributed by atoms with Crippen molar-refractivity contribution in [2.24, 2.45) is 17.8 Å². The lowest BCUT2D eigenvalue weighted by Gasteiger charge is -2.03.